The molecule has 35 heavy (non-hydrogen) atoms. The van der Waals surface area contributed by atoms with E-state index in [1.54, 1.807) is 0 Å². The molecule has 0 saturated carbocycles. The SMILES string of the molecule is COc1ccnc(C(=O)N[C@](C)(C=O)COC(Cc2ccccc2)[C@@H](C)Oc2ccccc2)c1O. The van der Waals surface area contributed by atoms with Crippen molar-refractivity contribution in [2.45, 2.75) is 38.0 Å². The summed E-state index contributed by atoms with van der Waals surface area (Å²) in [5.41, 5.74) is -0.585. The molecule has 1 heterocycles. The number of para-hydroxylation sites is 1. The van der Waals surface area contributed by atoms with Crippen LogP contribution in [0.3, 0.4) is 0 Å². The zero-order valence-corrected chi connectivity index (χ0v) is 20.0. The van der Waals surface area contributed by atoms with Crippen molar-refractivity contribution >= 4 is 12.2 Å². The second-order valence-electron chi connectivity index (χ2n) is 8.38. The van der Waals surface area contributed by atoms with Crippen molar-refractivity contribution in [3.63, 3.8) is 0 Å². The molecule has 0 aliphatic heterocycles. The molecule has 8 heteroatoms. The molecule has 3 rings (SSSR count). The van der Waals surface area contributed by atoms with Crippen LogP contribution in [0.1, 0.15) is 29.9 Å². The minimum absolute atomic E-state index is 0.101. The third-order valence-electron chi connectivity index (χ3n) is 5.45. The van der Waals surface area contributed by atoms with E-state index in [1.807, 2.05) is 67.6 Å². The maximum atomic E-state index is 12.8. The first-order valence-corrected chi connectivity index (χ1v) is 11.2. The van der Waals surface area contributed by atoms with E-state index in [9.17, 15) is 14.7 Å². The van der Waals surface area contributed by atoms with Crippen LogP contribution in [0.2, 0.25) is 0 Å². The Morgan fingerprint density at radius 3 is 2.40 bits per heavy atom. The monoisotopic (exact) mass is 478 g/mol. The molecule has 0 spiro atoms. The molecule has 3 aromatic rings. The van der Waals surface area contributed by atoms with Crippen molar-refractivity contribution in [3.8, 4) is 17.2 Å². The highest BCUT2D eigenvalue weighted by atomic mass is 16.5. The number of pyridine rings is 1. The van der Waals surface area contributed by atoms with E-state index in [0.717, 1.165) is 5.56 Å². The summed E-state index contributed by atoms with van der Waals surface area (Å²) in [7, 11) is 1.37. The highest BCUT2D eigenvalue weighted by molar-refractivity contribution is 5.97. The normalized spacial score (nSPS) is 14.3. The lowest BCUT2D eigenvalue weighted by molar-refractivity contribution is -0.117. The molecule has 0 fully saturated rings. The number of benzene rings is 2. The van der Waals surface area contributed by atoms with Crippen LogP contribution in [0.15, 0.2) is 72.9 Å². The van der Waals surface area contributed by atoms with Crippen LogP contribution in [0.5, 0.6) is 17.2 Å². The van der Waals surface area contributed by atoms with E-state index in [4.69, 9.17) is 14.2 Å². The lowest BCUT2D eigenvalue weighted by Gasteiger charge is -2.30. The fraction of sp³-hybridized carbons (Fsp3) is 0.296. The molecule has 8 nitrogen and oxygen atoms in total. The Bertz CT molecular complexity index is 1110. The summed E-state index contributed by atoms with van der Waals surface area (Å²) in [6, 6.07) is 20.6. The number of hydrogen-bond donors (Lipinski definition) is 2. The van der Waals surface area contributed by atoms with Crippen LogP contribution in [0.25, 0.3) is 0 Å². The zero-order valence-electron chi connectivity index (χ0n) is 20.0. The number of rotatable bonds is 12. The molecule has 2 N–H and O–H groups in total. The van der Waals surface area contributed by atoms with Gasteiger partial charge in [-0.25, -0.2) is 4.98 Å². The summed E-state index contributed by atoms with van der Waals surface area (Å²) in [4.78, 5) is 28.7. The van der Waals surface area contributed by atoms with Crippen LogP contribution in [0, 0.1) is 0 Å². The molecular formula is C27H30N2O6. The van der Waals surface area contributed by atoms with Gasteiger partial charge < -0.3 is 29.4 Å². The lowest BCUT2D eigenvalue weighted by Crippen LogP contribution is -2.52. The average molecular weight is 479 g/mol. The van der Waals surface area contributed by atoms with Gasteiger partial charge in [0.2, 0.25) is 0 Å². The van der Waals surface area contributed by atoms with E-state index in [-0.39, 0.29) is 24.2 Å². The number of aromatic nitrogens is 1. The summed E-state index contributed by atoms with van der Waals surface area (Å²) in [5.74, 6) is -0.335. The fourth-order valence-corrected chi connectivity index (χ4v) is 3.46. The quantitative estimate of drug-likeness (QED) is 0.383. The Morgan fingerprint density at radius 1 is 1.11 bits per heavy atom. The van der Waals surface area contributed by atoms with Gasteiger partial charge in [-0.15, -0.1) is 0 Å². The van der Waals surface area contributed by atoms with Crippen LogP contribution in [-0.4, -0.2) is 53.7 Å². The second kappa shape index (κ2) is 12.0. The summed E-state index contributed by atoms with van der Waals surface area (Å²) in [6.07, 6.45) is 1.70. The van der Waals surface area contributed by atoms with Gasteiger partial charge in [0.05, 0.1) is 19.8 Å². The number of aromatic hydroxyl groups is 1. The Morgan fingerprint density at radius 2 is 1.77 bits per heavy atom. The number of carbonyl (C=O) groups excluding carboxylic acids is 2. The van der Waals surface area contributed by atoms with Crippen LogP contribution in [-0.2, 0) is 16.0 Å². The van der Waals surface area contributed by atoms with Crippen molar-refractivity contribution < 1.29 is 28.9 Å². The van der Waals surface area contributed by atoms with Crippen LogP contribution >= 0.6 is 0 Å². The number of ether oxygens (including phenoxy) is 3. The molecule has 0 aliphatic carbocycles. The molecule has 0 saturated heterocycles. The molecule has 1 aromatic heterocycles. The number of carbonyl (C=O) groups is 2. The van der Waals surface area contributed by atoms with Gasteiger partial charge in [-0.3, -0.25) is 4.79 Å². The van der Waals surface area contributed by atoms with Crippen molar-refractivity contribution in [1.82, 2.24) is 10.3 Å². The number of aldehydes is 1. The lowest BCUT2D eigenvalue weighted by atomic mass is 10.0. The highest BCUT2D eigenvalue weighted by Crippen LogP contribution is 2.28. The molecule has 0 bridgehead atoms. The minimum atomic E-state index is -1.38. The summed E-state index contributed by atoms with van der Waals surface area (Å²) in [6.45, 7) is 3.32. The number of nitrogens with zero attached hydrogens (tertiary/aromatic N) is 1. The van der Waals surface area contributed by atoms with Gasteiger partial charge in [-0.05, 0) is 31.5 Å². The Kier molecular flexibility index (Phi) is 8.80. The van der Waals surface area contributed by atoms with Gasteiger partial charge in [0.25, 0.3) is 5.91 Å². The van der Waals surface area contributed by atoms with Crippen LogP contribution < -0.4 is 14.8 Å². The Hall–Kier alpha value is -3.91. The molecule has 3 atom stereocenters. The largest absolute Gasteiger partial charge is 0.503 e. The van der Waals surface area contributed by atoms with Gasteiger partial charge in [0, 0.05) is 18.7 Å². The van der Waals surface area contributed by atoms with Crippen molar-refractivity contribution in [2.75, 3.05) is 13.7 Å². The maximum absolute atomic E-state index is 12.8. The van der Waals surface area contributed by atoms with Crippen LogP contribution in [0.4, 0.5) is 0 Å². The molecule has 2 aromatic carbocycles. The maximum Gasteiger partial charge on any atom is 0.274 e. The number of hydrogen-bond acceptors (Lipinski definition) is 7. The third-order valence-corrected chi connectivity index (χ3v) is 5.45. The van der Waals surface area contributed by atoms with Gasteiger partial charge in [-0.1, -0.05) is 48.5 Å². The third kappa shape index (κ3) is 7.04. The predicted octanol–water partition coefficient (Wildman–Crippen LogP) is 3.58. The Balaban J connectivity index is 1.74. The topological polar surface area (TPSA) is 107 Å². The number of nitrogens with one attached hydrogen (secondary N) is 1. The molecular weight excluding hydrogens is 448 g/mol. The number of methoxy groups -OCH3 is 1. The fourth-order valence-electron chi connectivity index (χ4n) is 3.46. The molecule has 1 amide bonds. The first-order valence-electron chi connectivity index (χ1n) is 11.2. The van der Waals surface area contributed by atoms with E-state index in [2.05, 4.69) is 10.3 Å². The van der Waals surface area contributed by atoms with E-state index in [0.29, 0.717) is 18.5 Å². The smallest absolute Gasteiger partial charge is 0.274 e. The van der Waals surface area contributed by atoms with E-state index < -0.39 is 23.3 Å². The van der Waals surface area contributed by atoms with Gasteiger partial charge >= 0.3 is 0 Å². The van der Waals surface area contributed by atoms with Crippen molar-refractivity contribution in [3.05, 3.63) is 84.2 Å². The van der Waals surface area contributed by atoms with Crippen molar-refractivity contribution in [2.24, 2.45) is 0 Å². The van der Waals surface area contributed by atoms with E-state index >= 15 is 0 Å². The first-order chi connectivity index (χ1) is 16.8. The minimum Gasteiger partial charge on any atom is -0.503 e. The molecule has 184 valence electrons. The van der Waals surface area contributed by atoms with Gasteiger partial charge in [-0.2, -0.15) is 0 Å². The van der Waals surface area contributed by atoms with Crippen molar-refractivity contribution in [1.29, 1.82) is 0 Å². The number of amides is 1. The standard InChI is InChI=1S/C27H30N2O6/c1-19(35-21-12-8-5-9-13-21)23(16-20-10-6-4-7-11-20)34-18-27(2,17-30)29-26(32)24-25(31)22(33-3)14-15-28-24/h4-15,17,19,23,31H,16,18H2,1-3H3,(H,29,32)/t19-,23?,27-/m1/s1. The van der Waals surface area contributed by atoms with E-state index in [1.165, 1.54) is 26.3 Å². The second-order valence-corrected chi connectivity index (χ2v) is 8.38. The molecule has 1 unspecified atom stereocenters. The molecule has 0 aliphatic rings. The summed E-state index contributed by atoms with van der Waals surface area (Å²) in [5, 5.41) is 12.8. The van der Waals surface area contributed by atoms with Gasteiger partial charge in [0.1, 0.15) is 23.7 Å². The summed E-state index contributed by atoms with van der Waals surface area (Å²) < 4.78 is 17.3. The average Bonchev–Trinajstić information content (AvgIpc) is 2.87. The van der Waals surface area contributed by atoms with Gasteiger partial charge in [0.15, 0.2) is 17.2 Å². The molecule has 0 radical (unpaired) electrons. The predicted molar refractivity (Wildman–Crippen MR) is 131 cm³/mol. The zero-order chi connectivity index (χ0) is 25.3. The Labute approximate surface area is 204 Å². The first kappa shape index (κ1) is 25.7. The summed E-state index contributed by atoms with van der Waals surface area (Å²) >= 11 is 0. The highest BCUT2D eigenvalue weighted by Gasteiger charge is 2.32.